The summed E-state index contributed by atoms with van der Waals surface area (Å²) < 4.78 is 1.95. The number of carbonyl (C=O) groups is 2. The predicted molar refractivity (Wildman–Crippen MR) is 104 cm³/mol. The number of amides is 2. The predicted octanol–water partition coefficient (Wildman–Crippen LogP) is 3.67. The summed E-state index contributed by atoms with van der Waals surface area (Å²) in [6, 6.07) is 5.41. The lowest BCUT2D eigenvalue weighted by molar-refractivity contribution is 0.0774. The second kappa shape index (κ2) is 7.35. The molecule has 142 valence electrons. The van der Waals surface area contributed by atoms with Gasteiger partial charge in [0.1, 0.15) is 0 Å². The number of hydrogen-bond donors (Lipinski definition) is 1. The molecule has 0 spiro atoms. The van der Waals surface area contributed by atoms with Gasteiger partial charge in [0.25, 0.3) is 11.8 Å². The maximum Gasteiger partial charge on any atom is 0.289 e. The molecule has 4 rings (SSSR count). The van der Waals surface area contributed by atoms with Gasteiger partial charge in [-0.05, 0) is 56.7 Å². The van der Waals surface area contributed by atoms with E-state index in [4.69, 9.17) is 11.6 Å². The maximum atomic E-state index is 13.0. The molecule has 1 aromatic heterocycles. The van der Waals surface area contributed by atoms with Gasteiger partial charge in [0, 0.05) is 30.3 Å². The van der Waals surface area contributed by atoms with Crippen LogP contribution in [0.5, 0.6) is 0 Å². The Morgan fingerprint density at radius 1 is 1.11 bits per heavy atom. The average Bonchev–Trinajstić information content (AvgIpc) is 3.33. The third kappa shape index (κ3) is 3.34. The fraction of sp³-hybridized carbons (Fsp3) is 0.450. The van der Waals surface area contributed by atoms with Crippen LogP contribution in [0.15, 0.2) is 18.2 Å². The number of benzene rings is 1. The van der Waals surface area contributed by atoms with E-state index in [0.29, 0.717) is 22.2 Å². The molecule has 0 saturated carbocycles. The molecule has 0 unspecified atom stereocenters. The van der Waals surface area contributed by atoms with Crippen molar-refractivity contribution in [1.29, 1.82) is 0 Å². The van der Waals surface area contributed by atoms with E-state index in [0.717, 1.165) is 63.0 Å². The molecule has 2 aliphatic rings. The number of carbonyl (C=O) groups excluding carboxylic acids is 2. The van der Waals surface area contributed by atoms with Crippen LogP contribution in [-0.4, -0.2) is 39.4 Å². The SMILES string of the molecule is Cc1c(Cl)cccc1NC(=O)c1nc(C(=O)N2CCCC2)n2c1CCCC2. The van der Waals surface area contributed by atoms with Crippen molar-refractivity contribution in [3.05, 3.63) is 46.0 Å². The van der Waals surface area contributed by atoms with Crippen LogP contribution < -0.4 is 5.32 Å². The Kier molecular flexibility index (Phi) is 4.91. The molecule has 1 N–H and O–H groups in total. The standard InChI is InChI=1S/C20H23ClN4O2/c1-13-14(21)7-6-8-15(13)22-19(26)17-16-9-2-3-12-25(16)18(23-17)20(27)24-10-4-5-11-24/h6-8H,2-5,9-12H2,1H3,(H,22,26). The first-order valence-corrected chi connectivity index (χ1v) is 9.89. The molecular weight excluding hydrogens is 364 g/mol. The van der Waals surface area contributed by atoms with Crippen LogP contribution >= 0.6 is 11.6 Å². The Hall–Kier alpha value is -2.34. The van der Waals surface area contributed by atoms with Crippen LogP contribution in [-0.2, 0) is 13.0 Å². The second-order valence-electron chi connectivity index (χ2n) is 7.21. The van der Waals surface area contributed by atoms with Crippen molar-refractivity contribution < 1.29 is 9.59 Å². The quantitative estimate of drug-likeness (QED) is 0.875. The summed E-state index contributed by atoms with van der Waals surface area (Å²) in [5, 5.41) is 3.52. The Morgan fingerprint density at radius 2 is 1.85 bits per heavy atom. The third-order valence-corrected chi connectivity index (χ3v) is 5.84. The first kappa shape index (κ1) is 18.0. The molecular formula is C20H23ClN4O2. The molecule has 7 heteroatoms. The van der Waals surface area contributed by atoms with E-state index in [9.17, 15) is 9.59 Å². The van der Waals surface area contributed by atoms with E-state index in [1.54, 1.807) is 12.1 Å². The highest BCUT2D eigenvalue weighted by atomic mass is 35.5. The summed E-state index contributed by atoms with van der Waals surface area (Å²) in [4.78, 5) is 32.2. The maximum absolute atomic E-state index is 13.0. The van der Waals surface area contributed by atoms with Crippen molar-refractivity contribution in [3.63, 3.8) is 0 Å². The van der Waals surface area contributed by atoms with Crippen molar-refractivity contribution in [2.24, 2.45) is 0 Å². The molecule has 2 aromatic rings. The monoisotopic (exact) mass is 386 g/mol. The summed E-state index contributed by atoms with van der Waals surface area (Å²) in [5.74, 6) is 0.0553. The van der Waals surface area contributed by atoms with Gasteiger partial charge in [-0.15, -0.1) is 0 Å². The Bertz CT molecular complexity index is 900. The molecule has 6 nitrogen and oxygen atoms in total. The van der Waals surface area contributed by atoms with Gasteiger partial charge in [-0.1, -0.05) is 17.7 Å². The minimum Gasteiger partial charge on any atom is -0.336 e. The summed E-state index contributed by atoms with van der Waals surface area (Å²) in [7, 11) is 0. The van der Waals surface area contributed by atoms with Gasteiger partial charge in [0.2, 0.25) is 0 Å². The summed E-state index contributed by atoms with van der Waals surface area (Å²) in [6.07, 6.45) is 4.82. The second-order valence-corrected chi connectivity index (χ2v) is 7.61. The lowest BCUT2D eigenvalue weighted by Crippen LogP contribution is -2.31. The number of nitrogens with zero attached hydrogens (tertiary/aromatic N) is 3. The third-order valence-electron chi connectivity index (χ3n) is 5.43. The number of hydrogen-bond acceptors (Lipinski definition) is 3. The van der Waals surface area contributed by atoms with E-state index in [1.165, 1.54) is 0 Å². The number of aromatic nitrogens is 2. The zero-order valence-corrected chi connectivity index (χ0v) is 16.2. The molecule has 1 fully saturated rings. The molecule has 0 bridgehead atoms. The van der Waals surface area contributed by atoms with Crippen molar-refractivity contribution >= 4 is 29.1 Å². The number of fused-ring (bicyclic) bond motifs is 1. The van der Waals surface area contributed by atoms with Gasteiger partial charge in [0.05, 0.1) is 5.69 Å². The molecule has 0 atom stereocenters. The first-order chi connectivity index (χ1) is 13.1. The number of imidazole rings is 1. The minimum atomic E-state index is -0.286. The van der Waals surface area contributed by atoms with Crippen LogP contribution in [0.2, 0.25) is 5.02 Å². The van der Waals surface area contributed by atoms with Crippen LogP contribution in [0.4, 0.5) is 5.69 Å². The molecule has 27 heavy (non-hydrogen) atoms. The van der Waals surface area contributed by atoms with E-state index in [1.807, 2.05) is 22.5 Å². The molecule has 1 aromatic carbocycles. The normalized spacial score (nSPS) is 16.3. The van der Waals surface area contributed by atoms with Gasteiger partial charge < -0.3 is 14.8 Å². The molecule has 2 amide bonds. The lowest BCUT2D eigenvalue weighted by Gasteiger charge is -2.19. The topological polar surface area (TPSA) is 67.2 Å². The fourth-order valence-corrected chi connectivity index (χ4v) is 4.05. The number of anilines is 1. The highest BCUT2D eigenvalue weighted by Crippen LogP contribution is 2.26. The van der Waals surface area contributed by atoms with Crippen molar-refractivity contribution in [3.8, 4) is 0 Å². The summed E-state index contributed by atoms with van der Waals surface area (Å²) in [5.41, 5.74) is 2.70. The molecule has 2 aliphatic heterocycles. The summed E-state index contributed by atoms with van der Waals surface area (Å²) >= 11 is 6.16. The van der Waals surface area contributed by atoms with Gasteiger partial charge in [0.15, 0.2) is 11.5 Å². The zero-order chi connectivity index (χ0) is 19.0. The van der Waals surface area contributed by atoms with Crippen LogP contribution in [0, 0.1) is 6.92 Å². The first-order valence-electron chi connectivity index (χ1n) is 9.51. The van der Waals surface area contributed by atoms with E-state index < -0.39 is 0 Å². The van der Waals surface area contributed by atoms with Crippen molar-refractivity contribution in [2.75, 3.05) is 18.4 Å². The highest BCUT2D eigenvalue weighted by molar-refractivity contribution is 6.31. The molecule has 0 radical (unpaired) electrons. The fourth-order valence-electron chi connectivity index (χ4n) is 3.87. The summed E-state index contributed by atoms with van der Waals surface area (Å²) in [6.45, 7) is 4.14. The zero-order valence-electron chi connectivity index (χ0n) is 15.4. The minimum absolute atomic E-state index is 0.0614. The van der Waals surface area contributed by atoms with Crippen LogP contribution in [0.25, 0.3) is 0 Å². The van der Waals surface area contributed by atoms with Crippen molar-refractivity contribution in [2.45, 2.75) is 45.6 Å². The number of rotatable bonds is 3. The van der Waals surface area contributed by atoms with Crippen LogP contribution in [0.1, 0.15) is 58.0 Å². The Labute approximate surface area is 163 Å². The van der Waals surface area contributed by atoms with Gasteiger partial charge >= 0.3 is 0 Å². The largest absolute Gasteiger partial charge is 0.336 e. The molecule has 3 heterocycles. The smallest absolute Gasteiger partial charge is 0.289 e. The Morgan fingerprint density at radius 3 is 2.63 bits per heavy atom. The number of nitrogens with one attached hydrogen (secondary N) is 1. The van der Waals surface area contributed by atoms with E-state index >= 15 is 0 Å². The highest BCUT2D eigenvalue weighted by Gasteiger charge is 2.30. The number of likely N-dealkylation sites (tertiary alicyclic amines) is 1. The molecule has 0 aliphatic carbocycles. The van der Waals surface area contributed by atoms with Gasteiger partial charge in [-0.3, -0.25) is 9.59 Å². The number of halogens is 1. The van der Waals surface area contributed by atoms with Gasteiger partial charge in [-0.25, -0.2) is 4.98 Å². The van der Waals surface area contributed by atoms with Crippen molar-refractivity contribution in [1.82, 2.24) is 14.5 Å². The van der Waals surface area contributed by atoms with E-state index in [-0.39, 0.29) is 11.8 Å². The average molecular weight is 387 g/mol. The van der Waals surface area contributed by atoms with Crippen LogP contribution in [0.3, 0.4) is 0 Å². The van der Waals surface area contributed by atoms with Gasteiger partial charge in [-0.2, -0.15) is 0 Å². The Balaban J connectivity index is 1.67. The lowest BCUT2D eigenvalue weighted by atomic mass is 10.1. The van der Waals surface area contributed by atoms with E-state index in [2.05, 4.69) is 10.3 Å². The molecule has 1 saturated heterocycles.